The molecule has 1 amide bonds. The smallest absolute Gasteiger partial charge is 0.276 e. The highest BCUT2D eigenvalue weighted by Crippen LogP contribution is 2.35. The summed E-state index contributed by atoms with van der Waals surface area (Å²) < 4.78 is 6.17. The summed E-state index contributed by atoms with van der Waals surface area (Å²) in [6.07, 6.45) is 1.37. The highest BCUT2D eigenvalue weighted by Gasteiger charge is 2.35. The predicted molar refractivity (Wildman–Crippen MR) is 122 cm³/mol. The van der Waals surface area contributed by atoms with Crippen LogP contribution in [0.4, 0.5) is 0 Å². The van der Waals surface area contributed by atoms with E-state index in [-0.39, 0.29) is 5.91 Å². The largest absolute Gasteiger partial charge is 0.488 e. The summed E-state index contributed by atoms with van der Waals surface area (Å²) >= 11 is 1.39. The van der Waals surface area contributed by atoms with Crippen molar-refractivity contribution in [3.63, 3.8) is 0 Å². The van der Waals surface area contributed by atoms with Crippen molar-refractivity contribution in [2.24, 2.45) is 10.1 Å². The van der Waals surface area contributed by atoms with Crippen molar-refractivity contribution in [1.29, 1.82) is 0 Å². The number of rotatable bonds is 4. The highest BCUT2D eigenvalue weighted by molar-refractivity contribution is 8.13. The van der Waals surface area contributed by atoms with Gasteiger partial charge in [0.1, 0.15) is 18.1 Å². The average Bonchev–Trinajstić information content (AvgIpc) is 2.82. The Morgan fingerprint density at radius 3 is 2.58 bits per heavy atom. The maximum Gasteiger partial charge on any atom is 0.276 e. The lowest BCUT2D eigenvalue weighted by atomic mass is 10.1. The molecule has 0 radical (unpaired) electrons. The minimum atomic E-state index is -0.509. The third-order valence-corrected chi connectivity index (χ3v) is 5.71. The van der Waals surface area contributed by atoms with E-state index in [4.69, 9.17) is 9.73 Å². The molecule has 7 heteroatoms. The van der Waals surface area contributed by atoms with Gasteiger partial charge in [-0.2, -0.15) is 0 Å². The molecule has 154 valence electrons. The molecule has 0 bridgehead atoms. The summed E-state index contributed by atoms with van der Waals surface area (Å²) in [6.45, 7) is 0.442. The zero-order chi connectivity index (χ0) is 21.2. The minimum absolute atomic E-state index is 0.186. The number of nitrogens with zero attached hydrogens (tertiary/aromatic N) is 3. The number of amides is 1. The Balaban J connectivity index is 1.61. The van der Waals surface area contributed by atoms with Crippen molar-refractivity contribution in [2.75, 3.05) is 6.26 Å². The van der Waals surface area contributed by atoms with Crippen molar-refractivity contribution in [1.82, 2.24) is 10.3 Å². The van der Waals surface area contributed by atoms with Crippen molar-refractivity contribution < 1.29 is 9.53 Å². The SMILES string of the molecule is CSC1=NN2C(=c3ccccc3=N[C@@H]2c2ccccc2OCc2ccccc2)C(=O)N1. The number of thioether (sulfide) groups is 1. The first kappa shape index (κ1) is 19.4. The van der Waals surface area contributed by atoms with Crippen molar-refractivity contribution >= 4 is 28.5 Å². The van der Waals surface area contributed by atoms with Gasteiger partial charge in [-0.1, -0.05) is 78.5 Å². The molecule has 3 aromatic rings. The van der Waals surface area contributed by atoms with Gasteiger partial charge in [-0.25, -0.2) is 5.01 Å². The Bertz CT molecular complexity index is 1290. The molecule has 0 fully saturated rings. The molecule has 3 aromatic carbocycles. The zero-order valence-electron chi connectivity index (χ0n) is 16.9. The van der Waals surface area contributed by atoms with Crippen LogP contribution >= 0.6 is 11.8 Å². The van der Waals surface area contributed by atoms with E-state index in [1.807, 2.05) is 85.1 Å². The molecule has 6 nitrogen and oxygen atoms in total. The fraction of sp³-hybridized carbons (Fsp3) is 0.125. The molecule has 0 unspecified atom stereocenters. The van der Waals surface area contributed by atoms with Crippen LogP contribution < -0.4 is 20.6 Å². The second-order valence-corrected chi connectivity index (χ2v) is 7.88. The Hall–Kier alpha value is -3.58. The normalized spacial score (nSPS) is 17.1. The lowest BCUT2D eigenvalue weighted by Crippen LogP contribution is -2.50. The lowest BCUT2D eigenvalue weighted by molar-refractivity contribution is -0.116. The Morgan fingerprint density at radius 1 is 1.00 bits per heavy atom. The van der Waals surface area contributed by atoms with Gasteiger partial charge in [-0.05, 0) is 24.0 Å². The fourth-order valence-electron chi connectivity index (χ4n) is 3.68. The molecule has 0 saturated heterocycles. The van der Waals surface area contributed by atoms with Gasteiger partial charge in [-0.15, -0.1) is 5.10 Å². The molecule has 0 aromatic heterocycles. The summed E-state index contributed by atoms with van der Waals surface area (Å²) in [5.74, 6) is 0.528. The maximum atomic E-state index is 13.0. The fourth-order valence-corrected chi connectivity index (χ4v) is 4.05. The number of hydrazone groups is 1. The molecule has 1 atom stereocenters. The number of amidine groups is 1. The zero-order valence-corrected chi connectivity index (χ0v) is 17.7. The number of hydrogen-bond donors (Lipinski definition) is 1. The summed E-state index contributed by atoms with van der Waals surface area (Å²) in [4.78, 5) is 17.9. The van der Waals surface area contributed by atoms with Gasteiger partial charge in [0.15, 0.2) is 11.3 Å². The van der Waals surface area contributed by atoms with E-state index in [0.29, 0.717) is 23.2 Å². The van der Waals surface area contributed by atoms with Gasteiger partial charge in [-0.3, -0.25) is 15.1 Å². The van der Waals surface area contributed by atoms with Crippen molar-refractivity contribution in [2.45, 2.75) is 12.8 Å². The number of carbonyl (C=O) groups excluding carboxylic acids is 1. The van der Waals surface area contributed by atoms with E-state index in [1.165, 1.54) is 11.8 Å². The van der Waals surface area contributed by atoms with Gasteiger partial charge in [0.2, 0.25) is 0 Å². The number of ether oxygens (including phenoxy) is 1. The number of nitrogens with one attached hydrogen (secondary N) is 1. The monoisotopic (exact) mass is 428 g/mol. The number of fused-ring (bicyclic) bond motifs is 2. The third-order valence-electron chi connectivity index (χ3n) is 5.14. The molecule has 0 saturated carbocycles. The molecule has 0 spiro atoms. The van der Waals surface area contributed by atoms with Crippen LogP contribution in [0.2, 0.25) is 0 Å². The van der Waals surface area contributed by atoms with Crippen LogP contribution in [0, 0.1) is 0 Å². The van der Waals surface area contributed by atoms with E-state index in [9.17, 15) is 4.79 Å². The molecule has 1 N–H and O–H groups in total. The summed E-state index contributed by atoms with van der Waals surface area (Å²) in [5, 5.41) is 11.3. The van der Waals surface area contributed by atoms with Crippen LogP contribution in [0.3, 0.4) is 0 Å². The second kappa shape index (κ2) is 8.28. The van der Waals surface area contributed by atoms with Gasteiger partial charge in [0.05, 0.1) is 5.36 Å². The van der Waals surface area contributed by atoms with Crippen LogP contribution in [0.5, 0.6) is 5.75 Å². The van der Waals surface area contributed by atoms with Crippen LogP contribution in [-0.2, 0) is 11.4 Å². The molecule has 2 heterocycles. The van der Waals surface area contributed by atoms with E-state index < -0.39 is 6.17 Å². The molecule has 31 heavy (non-hydrogen) atoms. The number of benzene rings is 3. The first-order valence-electron chi connectivity index (χ1n) is 9.90. The van der Waals surface area contributed by atoms with Crippen LogP contribution in [0.25, 0.3) is 5.70 Å². The number of para-hydroxylation sites is 2. The minimum Gasteiger partial charge on any atom is -0.488 e. The second-order valence-electron chi connectivity index (χ2n) is 7.09. The molecule has 2 aliphatic rings. The van der Waals surface area contributed by atoms with Gasteiger partial charge >= 0.3 is 0 Å². The Labute approximate surface area is 184 Å². The molecular formula is C24H20N4O2S. The van der Waals surface area contributed by atoms with Crippen LogP contribution in [0.15, 0.2) is 89.0 Å². The Morgan fingerprint density at radius 2 is 1.74 bits per heavy atom. The van der Waals surface area contributed by atoms with E-state index in [1.54, 1.807) is 5.01 Å². The molecule has 5 rings (SSSR count). The summed E-state index contributed by atoms with van der Waals surface area (Å²) in [6, 6.07) is 25.4. The van der Waals surface area contributed by atoms with Crippen LogP contribution in [-0.4, -0.2) is 22.3 Å². The van der Waals surface area contributed by atoms with Gasteiger partial charge in [0, 0.05) is 10.8 Å². The van der Waals surface area contributed by atoms with Gasteiger partial charge < -0.3 is 4.74 Å². The first-order valence-corrected chi connectivity index (χ1v) is 11.1. The maximum absolute atomic E-state index is 13.0. The van der Waals surface area contributed by atoms with Crippen molar-refractivity contribution in [3.05, 3.63) is 101 Å². The van der Waals surface area contributed by atoms with Crippen molar-refractivity contribution in [3.8, 4) is 5.75 Å². The third kappa shape index (κ3) is 3.68. The lowest BCUT2D eigenvalue weighted by Gasteiger charge is -2.34. The van der Waals surface area contributed by atoms with E-state index in [0.717, 1.165) is 21.7 Å². The summed E-state index contributed by atoms with van der Waals surface area (Å²) in [7, 11) is 0. The molecular weight excluding hydrogens is 408 g/mol. The number of hydrogen-bond acceptors (Lipinski definition) is 6. The van der Waals surface area contributed by atoms with Crippen LogP contribution in [0.1, 0.15) is 17.3 Å². The number of carbonyl (C=O) groups is 1. The molecule has 0 aliphatic carbocycles. The highest BCUT2D eigenvalue weighted by atomic mass is 32.2. The van der Waals surface area contributed by atoms with E-state index >= 15 is 0 Å². The molecule has 2 aliphatic heterocycles. The summed E-state index contributed by atoms with van der Waals surface area (Å²) in [5.41, 5.74) is 2.42. The van der Waals surface area contributed by atoms with Gasteiger partial charge in [0.25, 0.3) is 5.91 Å². The van der Waals surface area contributed by atoms with E-state index in [2.05, 4.69) is 10.4 Å². The standard InChI is InChI=1S/C24H20N4O2S/c1-31-24-26-23(29)21-17-11-5-7-13-19(17)25-22(28(21)27-24)18-12-6-8-14-20(18)30-15-16-9-3-2-4-10-16/h2-14,22H,15H2,1H3,(H,26,27,29)/t22-/m0/s1. The Kier molecular flexibility index (Phi) is 5.18. The predicted octanol–water partition coefficient (Wildman–Crippen LogP) is 2.77. The average molecular weight is 429 g/mol. The first-order chi connectivity index (χ1) is 15.2. The quantitative estimate of drug-likeness (QED) is 0.694. The topological polar surface area (TPSA) is 66.3 Å².